The van der Waals surface area contributed by atoms with Crippen molar-refractivity contribution in [2.24, 2.45) is 5.92 Å². The molecule has 9 nitrogen and oxygen atoms in total. The summed E-state index contributed by atoms with van der Waals surface area (Å²) in [7, 11) is -0.345. The summed E-state index contributed by atoms with van der Waals surface area (Å²) in [6, 6.07) is 0. The molecule has 0 aromatic carbocycles. The van der Waals surface area contributed by atoms with Crippen molar-refractivity contribution in [3.8, 4) is 0 Å². The number of likely N-dealkylation sites (tertiary alicyclic amines) is 1. The van der Waals surface area contributed by atoms with E-state index in [1.165, 1.54) is 11.8 Å². The van der Waals surface area contributed by atoms with Gasteiger partial charge in [-0.1, -0.05) is 6.42 Å². The van der Waals surface area contributed by atoms with Crippen molar-refractivity contribution >= 4 is 25.0 Å². The highest BCUT2D eigenvalue weighted by atomic mass is 16.7. The summed E-state index contributed by atoms with van der Waals surface area (Å²) in [5.41, 5.74) is -3.26. The van der Waals surface area contributed by atoms with Crippen molar-refractivity contribution in [1.29, 1.82) is 0 Å². The molecular formula is C25H46BN3O6. The van der Waals surface area contributed by atoms with Gasteiger partial charge in [0.05, 0.1) is 17.7 Å². The average Bonchev–Trinajstić information content (AvgIpc) is 3.06. The number of rotatable bonds is 6. The number of nitrogens with one attached hydrogen (secondary N) is 2. The molecule has 2 rings (SSSR count). The third kappa shape index (κ3) is 7.35. The fourth-order valence-corrected chi connectivity index (χ4v) is 4.56. The van der Waals surface area contributed by atoms with Crippen LogP contribution in [-0.4, -0.2) is 70.9 Å². The van der Waals surface area contributed by atoms with E-state index in [9.17, 15) is 14.4 Å². The molecule has 0 aliphatic carbocycles. The van der Waals surface area contributed by atoms with E-state index in [0.29, 0.717) is 25.7 Å². The molecule has 2 unspecified atom stereocenters. The number of carbonyl (C=O) groups is 3. The molecule has 3 amide bonds. The Morgan fingerprint density at radius 2 is 1.57 bits per heavy atom. The maximum absolute atomic E-state index is 13.6. The summed E-state index contributed by atoms with van der Waals surface area (Å²) in [5.74, 6) is -0.924. The van der Waals surface area contributed by atoms with Crippen molar-refractivity contribution in [1.82, 2.24) is 15.5 Å². The summed E-state index contributed by atoms with van der Waals surface area (Å²) < 4.78 is 17.8. The summed E-state index contributed by atoms with van der Waals surface area (Å²) in [6.07, 6.45) is 1.45. The summed E-state index contributed by atoms with van der Waals surface area (Å²) in [4.78, 5) is 40.4. The molecule has 2 heterocycles. The van der Waals surface area contributed by atoms with Crippen molar-refractivity contribution in [3.05, 3.63) is 0 Å². The molecule has 0 aromatic heterocycles. The Labute approximate surface area is 211 Å². The molecule has 0 aromatic rings. The van der Waals surface area contributed by atoms with E-state index in [2.05, 4.69) is 10.6 Å². The van der Waals surface area contributed by atoms with Gasteiger partial charge >= 0.3 is 13.2 Å². The van der Waals surface area contributed by atoms with Gasteiger partial charge in [-0.15, -0.1) is 0 Å². The highest BCUT2D eigenvalue weighted by Gasteiger charge is 2.55. The van der Waals surface area contributed by atoms with Crippen LogP contribution in [0.3, 0.4) is 0 Å². The molecule has 2 atom stereocenters. The van der Waals surface area contributed by atoms with Crippen molar-refractivity contribution in [3.63, 3.8) is 0 Å². The molecule has 2 fully saturated rings. The van der Waals surface area contributed by atoms with E-state index < -0.39 is 34.0 Å². The lowest BCUT2D eigenvalue weighted by atomic mass is 9.77. The Balaban J connectivity index is 2.25. The van der Waals surface area contributed by atoms with E-state index in [4.69, 9.17) is 14.0 Å². The van der Waals surface area contributed by atoms with Crippen molar-refractivity contribution in [2.75, 3.05) is 13.1 Å². The van der Waals surface area contributed by atoms with Gasteiger partial charge in [0.1, 0.15) is 11.1 Å². The lowest BCUT2D eigenvalue weighted by Gasteiger charge is -2.36. The zero-order chi connectivity index (χ0) is 27.0. The Kier molecular flexibility index (Phi) is 8.34. The minimum Gasteiger partial charge on any atom is -0.444 e. The molecule has 2 N–H and O–H groups in total. The van der Waals surface area contributed by atoms with E-state index in [1.807, 2.05) is 48.5 Å². The number of hydrogen-bond acceptors (Lipinski definition) is 6. The Bertz CT molecular complexity index is 801. The lowest BCUT2D eigenvalue weighted by Crippen LogP contribution is -2.65. The predicted molar refractivity (Wildman–Crippen MR) is 136 cm³/mol. The van der Waals surface area contributed by atoms with Gasteiger partial charge in [0.2, 0.25) is 11.8 Å². The number of ether oxygens (including phenoxy) is 1. The fourth-order valence-electron chi connectivity index (χ4n) is 4.56. The highest BCUT2D eigenvalue weighted by Crippen LogP contribution is 2.39. The number of nitrogens with zero attached hydrogens (tertiary/aromatic N) is 1. The van der Waals surface area contributed by atoms with Gasteiger partial charge in [-0.05, 0) is 82.0 Å². The van der Waals surface area contributed by atoms with Gasteiger partial charge < -0.3 is 29.6 Å². The molecule has 10 heteroatoms. The molecular weight excluding hydrogens is 449 g/mol. The zero-order valence-electron chi connectivity index (χ0n) is 23.6. The zero-order valence-corrected chi connectivity index (χ0v) is 23.6. The van der Waals surface area contributed by atoms with E-state index in [1.54, 1.807) is 20.8 Å². The molecule has 0 radical (unpaired) electrons. The normalized spacial score (nSPS) is 26.0. The summed E-state index contributed by atoms with van der Waals surface area (Å²) in [6.45, 7) is 20.9. The Hall–Kier alpha value is -1.81. The molecule has 2 aliphatic rings. The number of hydrogen-bond donors (Lipinski definition) is 2. The van der Waals surface area contributed by atoms with Gasteiger partial charge in [0, 0.05) is 24.9 Å². The summed E-state index contributed by atoms with van der Waals surface area (Å²) >= 11 is 0. The molecule has 0 bridgehead atoms. The second-order valence-electron chi connectivity index (χ2n) is 13.0. The lowest BCUT2D eigenvalue weighted by molar-refractivity contribution is -0.135. The maximum atomic E-state index is 13.6. The quantitative estimate of drug-likeness (QED) is 0.547. The molecule has 35 heavy (non-hydrogen) atoms. The Morgan fingerprint density at radius 3 is 2.03 bits per heavy atom. The smallest absolute Gasteiger partial charge is 0.444 e. The van der Waals surface area contributed by atoms with Crippen LogP contribution >= 0.6 is 0 Å². The van der Waals surface area contributed by atoms with E-state index >= 15 is 0 Å². The molecule has 0 spiro atoms. The van der Waals surface area contributed by atoms with Crippen LogP contribution in [0.25, 0.3) is 0 Å². The maximum Gasteiger partial charge on any atom is 0.457 e. The van der Waals surface area contributed by atoms with Crippen LogP contribution < -0.4 is 10.6 Å². The van der Waals surface area contributed by atoms with Gasteiger partial charge in [-0.2, -0.15) is 0 Å². The molecule has 200 valence electrons. The Morgan fingerprint density at radius 1 is 1.03 bits per heavy atom. The van der Waals surface area contributed by atoms with Gasteiger partial charge in [0.15, 0.2) is 0 Å². The fraction of sp³-hybridized carbons (Fsp3) is 0.880. The standard InChI is InChI=1S/C25H46BN3O6/c1-17(30)27-25(19(31)28-21(2,3)4)16-29(20(32)33-22(5,6)7)15-18(25)13-12-14-26-34-23(8,9)24(10,11)35-26/h18H,12-16H2,1-11H3,(H,27,30)(H,28,31). The highest BCUT2D eigenvalue weighted by molar-refractivity contribution is 6.45. The molecule has 2 aliphatic heterocycles. The number of carbonyl (C=O) groups excluding carboxylic acids is 3. The van der Waals surface area contributed by atoms with Crippen molar-refractivity contribution < 1.29 is 28.4 Å². The van der Waals surface area contributed by atoms with Crippen LogP contribution in [0.4, 0.5) is 4.79 Å². The molecule has 2 saturated heterocycles. The summed E-state index contributed by atoms with van der Waals surface area (Å²) in [5, 5.41) is 5.93. The first-order valence-corrected chi connectivity index (χ1v) is 12.6. The third-order valence-corrected chi connectivity index (χ3v) is 6.82. The van der Waals surface area contributed by atoms with Gasteiger partial charge in [0.25, 0.3) is 0 Å². The first kappa shape index (κ1) is 29.4. The first-order valence-electron chi connectivity index (χ1n) is 12.6. The van der Waals surface area contributed by atoms with Crippen LogP contribution in [0.15, 0.2) is 0 Å². The molecule has 0 saturated carbocycles. The SMILES string of the molecule is CC(=O)NC1(C(=O)NC(C)(C)C)CN(C(=O)OC(C)(C)C)CC1CCCB1OC(C)(C)C(C)(C)O1. The monoisotopic (exact) mass is 495 g/mol. The second kappa shape index (κ2) is 9.92. The predicted octanol–water partition coefficient (Wildman–Crippen LogP) is 3.52. The second-order valence-corrected chi connectivity index (χ2v) is 13.0. The van der Waals surface area contributed by atoms with E-state index in [0.717, 1.165) is 0 Å². The third-order valence-electron chi connectivity index (χ3n) is 6.82. The minimum absolute atomic E-state index is 0.0462. The topological polar surface area (TPSA) is 106 Å². The number of amides is 3. The van der Waals surface area contributed by atoms with Gasteiger partial charge in [-0.3, -0.25) is 9.59 Å². The van der Waals surface area contributed by atoms with Crippen LogP contribution in [0.1, 0.15) is 89.0 Å². The largest absolute Gasteiger partial charge is 0.457 e. The van der Waals surface area contributed by atoms with Gasteiger partial charge in [-0.25, -0.2) is 4.79 Å². The van der Waals surface area contributed by atoms with Crippen LogP contribution in [0, 0.1) is 5.92 Å². The van der Waals surface area contributed by atoms with Crippen LogP contribution in [0.2, 0.25) is 6.32 Å². The van der Waals surface area contributed by atoms with Crippen LogP contribution in [-0.2, 0) is 23.6 Å². The average molecular weight is 495 g/mol. The van der Waals surface area contributed by atoms with Crippen LogP contribution in [0.5, 0.6) is 0 Å². The van der Waals surface area contributed by atoms with E-state index in [-0.39, 0.29) is 31.4 Å². The minimum atomic E-state index is -1.26. The first-order chi connectivity index (χ1) is 15.7. The van der Waals surface area contributed by atoms with Crippen molar-refractivity contribution in [2.45, 2.75) is 123 Å².